The lowest BCUT2D eigenvalue weighted by molar-refractivity contribution is -0.0168. The van der Waals surface area contributed by atoms with Crippen LogP contribution in [0.3, 0.4) is 0 Å². The van der Waals surface area contributed by atoms with Gasteiger partial charge < -0.3 is 9.47 Å². The highest BCUT2D eigenvalue weighted by Gasteiger charge is 2.37. The van der Waals surface area contributed by atoms with Crippen molar-refractivity contribution in [2.24, 2.45) is 5.92 Å². The maximum absolute atomic E-state index is 5.76. The summed E-state index contributed by atoms with van der Waals surface area (Å²) in [5.41, 5.74) is 0. The van der Waals surface area contributed by atoms with Crippen molar-refractivity contribution in [1.29, 1.82) is 0 Å². The molecule has 3 atom stereocenters. The molecule has 2 rings (SSSR count). The second-order valence-electron chi connectivity index (χ2n) is 4.42. The molecule has 0 radical (unpaired) electrons. The van der Waals surface area contributed by atoms with Gasteiger partial charge in [0.25, 0.3) is 0 Å². The molecule has 82 valence electrons. The number of ether oxygens (including phenoxy) is 2. The van der Waals surface area contributed by atoms with Crippen LogP contribution in [0, 0.1) is 5.92 Å². The summed E-state index contributed by atoms with van der Waals surface area (Å²) in [4.78, 5) is 0. The van der Waals surface area contributed by atoms with Crippen LogP contribution >= 0.6 is 12.6 Å². The summed E-state index contributed by atoms with van der Waals surface area (Å²) >= 11 is 4.58. The lowest BCUT2D eigenvalue weighted by Crippen LogP contribution is -2.36. The molecule has 0 bridgehead atoms. The average Bonchev–Trinajstić information content (AvgIpc) is 2.75. The van der Waals surface area contributed by atoms with Gasteiger partial charge in [0.2, 0.25) is 0 Å². The molecule has 0 aromatic rings. The topological polar surface area (TPSA) is 18.5 Å². The second-order valence-corrected chi connectivity index (χ2v) is 5.24. The van der Waals surface area contributed by atoms with E-state index in [0.29, 0.717) is 23.4 Å². The Morgan fingerprint density at radius 1 is 1.07 bits per heavy atom. The summed E-state index contributed by atoms with van der Waals surface area (Å²) in [6, 6.07) is 0. The molecular formula is C11H20O2S. The van der Waals surface area contributed by atoms with E-state index >= 15 is 0 Å². The molecule has 0 N–H and O–H groups in total. The summed E-state index contributed by atoms with van der Waals surface area (Å²) in [7, 11) is 0. The third kappa shape index (κ3) is 2.26. The Kier molecular flexibility index (Phi) is 3.74. The maximum atomic E-state index is 5.76. The van der Waals surface area contributed by atoms with Gasteiger partial charge >= 0.3 is 0 Å². The molecule has 2 nitrogen and oxygen atoms in total. The Labute approximate surface area is 91.8 Å². The molecule has 2 aliphatic rings. The minimum atomic E-state index is 0.376. The molecule has 0 spiro atoms. The highest BCUT2D eigenvalue weighted by molar-refractivity contribution is 7.80. The molecular weight excluding hydrogens is 196 g/mol. The zero-order valence-corrected chi connectivity index (χ0v) is 9.71. The largest absolute Gasteiger partial charge is 0.378 e. The van der Waals surface area contributed by atoms with Crippen LogP contribution < -0.4 is 0 Å². The van der Waals surface area contributed by atoms with Crippen molar-refractivity contribution >= 4 is 12.6 Å². The highest BCUT2D eigenvalue weighted by atomic mass is 32.1. The minimum absolute atomic E-state index is 0.376. The first kappa shape index (κ1) is 10.8. The van der Waals surface area contributed by atoms with Crippen LogP contribution in [0.15, 0.2) is 0 Å². The van der Waals surface area contributed by atoms with Crippen molar-refractivity contribution in [1.82, 2.24) is 0 Å². The summed E-state index contributed by atoms with van der Waals surface area (Å²) in [5, 5.41) is 0.376. The summed E-state index contributed by atoms with van der Waals surface area (Å²) in [6.45, 7) is 4.01. The van der Waals surface area contributed by atoms with Gasteiger partial charge in [-0.3, -0.25) is 0 Å². The van der Waals surface area contributed by atoms with Crippen LogP contribution in [0.1, 0.15) is 32.6 Å². The Morgan fingerprint density at radius 3 is 1.86 bits per heavy atom. The fourth-order valence-corrected chi connectivity index (χ4v) is 3.06. The van der Waals surface area contributed by atoms with E-state index in [1.807, 2.05) is 0 Å². The molecule has 14 heavy (non-hydrogen) atoms. The molecule has 0 amide bonds. The van der Waals surface area contributed by atoms with Gasteiger partial charge in [-0.15, -0.1) is 0 Å². The highest BCUT2D eigenvalue weighted by Crippen LogP contribution is 2.33. The normalized spacial score (nSPS) is 37.3. The van der Waals surface area contributed by atoms with E-state index in [0.717, 1.165) is 13.2 Å². The Hall–Kier alpha value is 0.270. The van der Waals surface area contributed by atoms with Crippen LogP contribution in [0.5, 0.6) is 0 Å². The lowest BCUT2D eigenvalue weighted by Gasteiger charge is -2.30. The SMILES string of the molecule is CC(S)C(C1CCCO1)C1CCCO1. The smallest absolute Gasteiger partial charge is 0.0639 e. The van der Waals surface area contributed by atoms with Gasteiger partial charge in [0.05, 0.1) is 12.2 Å². The second kappa shape index (κ2) is 4.86. The lowest BCUT2D eigenvalue weighted by atomic mass is 9.89. The Balaban J connectivity index is 1.98. The molecule has 0 aliphatic carbocycles. The average molecular weight is 216 g/mol. The molecule has 3 unspecified atom stereocenters. The van der Waals surface area contributed by atoms with Gasteiger partial charge in [-0.2, -0.15) is 12.6 Å². The minimum Gasteiger partial charge on any atom is -0.378 e. The Bertz CT molecular complexity index is 156. The summed E-state index contributed by atoms with van der Waals surface area (Å²) < 4.78 is 11.5. The van der Waals surface area contributed by atoms with Crippen LogP contribution in [-0.2, 0) is 9.47 Å². The van der Waals surface area contributed by atoms with E-state index in [2.05, 4.69) is 19.6 Å². The number of rotatable bonds is 3. The zero-order valence-electron chi connectivity index (χ0n) is 8.82. The first-order valence-electron chi connectivity index (χ1n) is 5.70. The number of hydrogen-bond donors (Lipinski definition) is 1. The molecule has 2 fully saturated rings. The molecule has 0 aromatic heterocycles. The van der Waals surface area contributed by atoms with Crippen molar-refractivity contribution in [3.63, 3.8) is 0 Å². The van der Waals surface area contributed by atoms with E-state index in [-0.39, 0.29) is 0 Å². The van der Waals surface area contributed by atoms with Crippen molar-refractivity contribution in [2.75, 3.05) is 13.2 Å². The molecule has 2 saturated heterocycles. The summed E-state index contributed by atoms with van der Waals surface area (Å²) in [6.07, 6.45) is 5.57. The van der Waals surface area contributed by atoms with Crippen LogP contribution in [0.2, 0.25) is 0 Å². The van der Waals surface area contributed by atoms with E-state index in [4.69, 9.17) is 9.47 Å². The number of thiol groups is 1. The standard InChI is InChI=1S/C11H20O2S/c1-8(14)11(9-4-2-6-12-9)10-5-3-7-13-10/h8-11,14H,2-7H2,1H3. The third-order valence-corrected chi connectivity index (χ3v) is 3.69. The van der Waals surface area contributed by atoms with Crippen molar-refractivity contribution in [3.05, 3.63) is 0 Å². The molecule has 2 aliphatic heterocycles. The molecule has 3 heteroatoms. The van der Waals surface area contributed by atoms with Gasteiger partial charge in [-0.1, -0.05) is 6.92 Å². The van der Waals surface area contributed by atoms with Crippen molar-refractivity contribution in [2.45, 2.75) is 50.1 Å². The fraction of sp³-hybridized carbons (Fsp3) is 1.00. The van der Waals surface area contributed by atoms with Crippen LogP contribution in [0.4, 0.5) is 0 Å². The van der Waals surface area contributed by atoms with Crippen molar-refractivity contribution in [3.8, 4) is 0 Å². The predicted octanol–water partition coefficient (Wildman–Crippen LogP) is 2.28. The monoisotopic (exact) mass is 216 g/mol. The van der Waals surface area contributed by atoms with Gasteiger partial charge in [0.1, 0.15) is 0 Å². The van der Waals surface area contributed by atoms with Crippen LogP contribution in [-0.4, -0.2) is 30.7 Å². The van der Waals surface area contributed by atoms with E-state index in [1.54, 1.807) is 0 Å². The maximum Gasteiger partial charge on any atom is 0.0639 e. The molecule has 2 heterocycles. The molecule has 0 saturated carbocycles. The van der Waals surface area contributed by atoms with Gasteiger partial charge in [0.15, 0.2) is 0 Å². The summed E-state index contributed by atoms with van der Waals surface area (Å²) in [5.74, 6) is 0.489. The van der Waals surface area contributed by atoms with Crippen molar-refractivity contribution < 1.29 is 9.47 Å². The third-order valence-electron chi connectivity index (χ3n) is 3.35. The van der Waals surface area contributed by atoms with E-state index in [1.165, 1.54) is 25.7 Å². The fourth-order valence-electron chi connectivity index (χ4n) is 2.67. The van der Waals surface area contributed by atoms with E-state index in [9.17, 15) is 0 Å². The Morgan fingerprint density at radius 2 is 1.57 bits per heavy atom. The first-order chi connectivity index (χ1) is 6.79. The molecule has 0 aromatic carbocycles. The van der Waals surface area contributed by atoms with Crippen LogP contribution in [0.25, 0.3) is 0 Å². The predicted molar refractivity (Wildman–Crippen MR) is 59.9 cm³/mol. The van der Waals surface area contributed by atoms with Gasteiger partial charge in [0, 0.05) is 24.4 Å². The van der Waals surface area contributed by atoms with Gasteiger partial charge in [-0.25, -0.2) is 0 Å². The quantitative estimate of drug-likeness (QED) is 0.730. The first-order valence-corrected chi connectivity index (χ1v) is 6.22. The van der Waals surface area contributed by atoms with Gasteiger partial charge in [-0.05, 0) is 25.7 Å². The van der Waals surface area contributed by atoms with E-state index < -0.39 is 0 Å². The zero-order chi connectivity index (χ0) is 9.97. The number of hydrogen-bond acceptors (Lipinski definition) is 3.